The van der Waals surface area contributed by atoms with Crippen molar-refractivity contribution >= 4 is 51.2 Å². The summed E-state index contributed by atoms with van der Waals surface area (Å²) in [6.45, 7) is 16.4. The van der Waals surface area contributed by atoms with Crippen LogP contribution in [0.1, 0.15) is 84.2 Å². The van der Waals surface area contributed by atoms with Crippen molar-refractivity contribution in [2.24, 2.45) is 5.73 Å². The first-order valence-electron chi connectivity index (χ1n) is 17.0. The highest BCUT2D eigenvalue weighted by molar-refractivity contribution is 5.94. The molecule has 238 valence electrons. The molecule has 3 aromatic carbocycles. The average Bonchev–Trinajstić information content (AvgIpc) is 3.07. The van der Waals surface area contributed by atoms with Crippen molar-refractivity contribution in [2.45, 2.75) is 72.8 Å². The van der Waals surface area contributed by atoms with Gasteiger partial charge in [0, 0.05) is 44.1 Å². The van der Waals surface area contributed by atoms with E-state index in [1.807, 2.05) is 30.3 Å². The fourth-order valence-corrected chi connectivity index (χ4v) is 6.34. The number of nitrogens with two attached hydrogens (primary N) is 1. The second kappa shape index (κ2) is 15.3. The first kappa shape index (κ1) is 32.3. The molecule has 7 heteroatoms. The molecule has 0 radical (unpaired) electrons. The van der Waals surface area contributed by atoms with Crippen LogP contribution in [0.2, 0.25) is 0 Å². The number of nitrogens with one attached hydrogen (secondary N) is 1. The summed E-state index contributed by atoms with van der Waals surface area (Å²) in [7, 11) is 0. The molecule has 0 amide bonds. The Morgan fingerprint density at radius 1 is 0.756 bits per heavy atom. The van der Waals surface area contributed by atoms with Crippen molar-refractivity contribution in [3.05, 3.63) is 78.1 Å². The van der Waals surface area contributed by atoms with Crippen LogP contribution in [0.5, 0.6) is 0 Å². The van der Waals surface area contributed by atoms with Gasteiger partial charge in [0.1, 0.15) is 0 Å². The maximum atomic E-state index is 5.98. The third-order valence-corrected chi connectivity index (χ3v) is 8.95. The Morgan fingerprint density at radius 3 is 1.89 bits per heavy atom. The number of fused-ring (bicyclic) bond motifs is 4. The second-order valence-corrected chi connectivity index (χ2v) is 11.8. The molecule has 2 heterocycles. The molecular formula is C38H51N7. The van der Waals surface area contributed by atoms with Crippen molar-refractivity contribution in [1.82, 2.24) is 9.97 Å². The van der Waals surface area contributed by atoms with E-state index in [2.05, 4.69) is 107 Å². The summed E-state index contributed by atoms with van der Waals surface area (Å²) in [5.74, 6) is 0. The molecule has 45 heavy (non-hydrogen) atoms. The molecule has 7 nitrogen and oxygen atoms in total. The van der Waals surface area contributed by atoms with Gasteiger partial charge in [-0.15, -0.1) is 0 Å². The van der Waals surface area contributed by atoms with E-state index in [0.717, 1.165) is 61.6 Å². The zero-order valence-corrected chi connectivity index (χ0v) is 27.9. The van der Waals surface area contributed by atoms with Gasteiger partial charge in [-0.1, -0.05) is 44.4 Å². The fraction of sp³-hybridized carbons (Fsp3) is 0.421. The van der Waals surface area contributed by atoms with Crippen LogP contribution in [0.15, 0.2) is 66.7 Å². The highest BCUT2D eigenvalue weighted by Crippen LogP contribution is 2.46. The van der Waals surface area contributed by atoms with Crippen molar-refractivity contribution in [3.8, 4) is 0 Å². The fourth-order valence-electron chi connectivity index (χ4n) is 6.34. The third-order valence-electron chi connectivity index (χ3n) is 8.95. The van der Waals surface area contributed by atoms with Gasteiger partial charge in [0.2, 0.25) is 0 Å². The van der Waals surface area contributed by atoms with Crippen LogP contribution in [-0.2, 0) is 0 Å². The number of nitrogens with zero attached hydrogens (tertiary/aromatic N) is 5. The summed E-state index contributed by atoms with van der Waals surface area (Å²) in [5.41, 5.74) is 17.3. The summed E-state index contributed by atoms with van der Waals surface area (Å²) in [6, 6.07) is 21.6. The smallest absolute Gasteiger partial charge is 0.0894 e. The molecule has 0 spiro atoms. The molecular weight excluding hydrogens is 554 g/mol. The molecule has 1 unspecified atom stereocenters. The third kappa shape index (κ3) is 7.25. The zero-order valence-electron chi connectivity index (χ0n) is 27.9. The minimum atomic E-state index is -0.0119. The van der Waals surface area contributed by atoms with E-state index in [1.54, 1.807) is 0 Å². The van der Waals surface area contributed by atoms with E-state index in [1.165, 1.54) is 59.8 Å². The Bertz CT molecular complexity index is 1530. The van der Waals surface area contributed by atoms with Crippen LogP contribution < -0.4 is 25.8 Å². The topological polar surface area (TPSA) is 73.5 Å². The predicted octanol–water partition coefficient (Wildman–Crippen LogP) is 9.20. The minimum Gasteiger partial charge on any atom is -0.372 e. The van der Waals surface area contributed by atoms with Crippen LogP contribution in [0.3, 0.4) is 0 Å². The number of aromatic nitrogens is 2. The van der Waals surface area contributed by atoms with Gasteiger partial charge in [0.15, 0.2) is 0 Å². The number of para-hydroxylation sites is 2. The molecule has 1 aliphatic carbocycles. The summed E-state index contributed by atoms with van der Waals surface area (Å²) in [5, 5.41) is 3.70. The highest BCUT2D eigenvalue weighted by atomic mass is 15.2. The Kier molecular flexibility index (Phi) is 11.0. The van der Waals surface area contributed by atoms with Gasteiger partial charge >= 0.3 is 0 Å². The van der Waals surface area contributed by atoms with Gasteiger partial charge in [0.25, 0.3) is 0 Å². The number of hydrogen-bond donors (Lipinski definition) is 2. The minimum absolute atomic E-state index is 0.0119. The first-order chi connectivity index (χ1) is 22.0. The summed E-state index contributed by atoms with van der Waals surface area (Å²) < 4.78 is 0. The Hall–Kier alpha value is -4.10. The number of hydrogen-bond acceptors (Lipinski definition) is 7. The van der Waals surface area contributed by atoms with Crippen molar-refractivity contribution in [2.75, 3.05) is 52.7 Å². The second-order valence-electron chi connectivity index (χ2n) is 11.8. The Labute approximate surface area is 270 Å². The van der Waals surface area contributed by atoms with E-state index in [4.69, 9.17) is 5.73 Å². The lowest BCUT2D eigenvalue weighted by Gasteiger charge is -2.36. The molecule has 0 saturated heterocycles. The van der Waals surface area contributed by atoms with Gasteiger partial charge < -0.3 is 25.8 Å². The Morgan fingerprint density at radius 2 is 1.33 bits per heavy atom. The highest BCUT2D eigenvalue weighted by Gasteiger charge is 2.24. The van der Waals surface area contributed by atoms with Crippen LogP contribution in [-0.4, -0.2) is 42.7 Å². The molecule has 4 aromatic rings. The number of rotatable bonds is 11. The van der Waals surface area contributed by atoms with Gasteiger partial charge in [-0.25, -0.2) is 9.97 Å². The first-order valence-corrected chi connectivity index (χ1v) is 17.0. The van der Waals surface area contributed by atoms with E-state index < -0.39 is 0 Å². The van der Waals surface area contributed by atoms with Crippen molar-refractivity contribution < 1.29 is 0 Å². The van der Waals surface area contributed by atoms with Gasteiger partial charge in [-0.05, 0) is 95.1 Å². The normalized spacial score (nSPS) is 14.5. The number of anilines is 6. The summed E-state index contributed by atoms with van der Waals surface area (Å²) in [6.07, 6.45) is 9.99. The lowest BCUT2D eigenvalue weighted by molar-refractivity contribution is 0.668. The lowest BCUT2D eigenvalue weighted by atomic mass is 10.0. The molecule has 0 bridgehead atoms. The molecule has 0 fully saturated rings. The average molecular weight is 606 g/mol. The van der Waals surface area contributed by atoms with Gasteiger partial charge in [-0.2, -0.15) is 0 Å². The number of unbranched alkanes of at least 4 members (excludes halogenated alkanes) is 3. The van der Waals surface area contributed by atoms with Crippen molar-refractivity contribution in [1.29, 1.82) is 0 Å². The number of benzene rings is 3. The quantitative estimate of drug-likeness (QED) is 0.165. The molecule has 0 saturated carbocycles. The summed E-state index contributed by atoms with van der Waals surface area (Å²) >= 11 is 0. The Balaban J connectivity index is 0.000000220. The SMILES string of the molecule is CCCCCCN1c2cc(N(CC)CC)ccc2Nc2ccc(N(CC)CC)cc21.NC1CC=Cc2nc3ccccc3nc21. The molecule has 2 aliphatic rings. The molecule has 1 aliphatic heterocycles. The molecule has 1 aromatic heterocycles. The van der Waals surface area contributed by atoms with Crippen molar-refractivity contribution in [3.63, 3.8) is 0 Å². The molecule has 6 rings (SSSR count). The standard InChI is InChI=1S/C26H40N4.C12H11N3/c1-6-11-12-13-18-30-25-19-21(28(7-2)8-3)14-16-23(25)27-24-17-15-22(20-26(24)30)29(9-4)10-5;13-8-4-3-7-11-12(8)15-10-6-2-1-5-9(10)14-11/h14-17,19-20,27H,6-13,18H2,1-5H3;1-3,5-8H,4,13H2. The maximum absolute atomic E-state index is 5.98. The van der Waals surface area contributed by atoms with Crippen LogP contribution in [0.4, 0.5) is 34.1 Å². The zero-order chi connectivity index (χ0) is 31.8. The van der Waals surface area contributed by atoms with E-state index in [-0.39, 0.29) is 6.04 Å². The maximum Gasteiger partial charge on any atom is 0.0894 e. The van der Waals surface area contributed by atoms with Gasteiger partial charge in [0.05, 0.1) is 51.2 Å². The lowest BCUT2D eigenvalue weighted by Crippen LogP contribution is -2.27. The van der Waals surface area contributed by atoms with Crippen LogP contribution in [0.25, 0.3) is 17.1 Å². The van der Waals surface area contributed by atoms with E-state index in [0.29, 0.717) is 0 Å². The molecule has 1 atom stereocenters. The van der Waals surface area contributed by atoms with Gasteiger partial charge in [-0.3, -0.25) is 0 Å². The largest absolute Gasteiger partial charge is 0.372 e. The van der Waals surface area contributed by atoms with Crippen LogP contribution >= 0.6 is 0 Å². The van der Waals surface area contributed by atoms with E-state index in [9.17, 15) is 0 Å². The van der Waals surface area contributed by atoms with Crippen LogP contribution in [0, 0.1) is 0 Å². The molecule has 3 N–H and O–H groups in total. The summed E-state index contributed by atoms with van der Waals surface area (Å²) in [4.78, 5) is 16.5. The predicted molar refractivity (Wildman–Crippen MR) is 195 cm³/mol. The van der Waals surface area contributed by atoms with E-state index >= 15 is 0 Å². The monoisotopic (exact) mass is 605 g/mol.